The van der Waals surface area contributed by atoms with Crippen molar-refractivity contribution in [3.63, 3.8) is 0 Å². The molecule has 0 atom stereocenters. The summed E-state index contributed by atoms with van der Waals surface area (Å²) >= 11 is 4.21. The van der Waals surface area contributed by atoms with E-state index in [1.807, 2.05) is 36.4 Å². The summed E-state index contributed by atoms with van der Waals surface area (Å²) in [4.78, 5) is 37.9. The van der Waals surface area contributed by atoms with Crippen LogP contribution in [-0.4, -0.2) is 34.7 Å². The smallest absolute Gasteiger partial charge is 0.326 e. The van der Waals surface area contributed by atoms with Crippen LogP contribution < -0.4 is 4.74 Å². The first-order valence-electron chi connectivity index (χ1n) is 9.24. The Hall–Kier alpha value is -2.58. The van der Waals surface area contributed by atoms with Gasteiger partial charge in [0.15, 0.2) is 0 Å². The van der Waals surface area contributed by atoms with E-state index in [0.29, 0.717) is 17.9 Å². The van der Waals surface area contributed by atoms with Crippen molar-refractivity contribution in [1.82, 2.24) is 4.90 Å². The molecule has 0 aromatic heterocycles. The van der Waals surface area contributed by atoms with Gasteiger partial charge in [-0.2, -0.15) is 0 Å². The van der Waals surface area contributed by atoms with Gasteiger partial charge in [0.1, 0.15) is 18.9 Å². The van der Waals surface area contributed by atoms with E-state index in [4.69, 9.17) is 9.47 Å². The minimum Gasteiger partial charge on any atom is -0.488 e. The molecule has 1 aliphatic heterocycles. The highest BCUT2D eigenvalue weighted by Crippen LogP contribution is 2.35. The number of hydrogen-bond donors (Lipinski definition) is 0. The number of thioether (sulfide) groups is 1. The molecule has 1 fully saturated rings. The minimum atomic E-state index is -0.622. The van der Waals surface area contributed by atoms with E-state index < -0.39 is 23.7 Å². The number of hydrogen-bond acceptors (Lipinski definition) is 6. The van der Waals surface area contributed by atoms with Crippen molar-refractivity contribution in [2.45, 2.75) is 26.6 Å². The Bertz CT molecular complexity index is 990. The summed E-state index contributed by atoms with van der Waals surface area (Å²) in [7, 11) is 0. The standard InChI is InChI=1S/C22H20BrNO5S/c1-14(2)29-20(25)12-24-21(26)19(30-22(24)27)11-16-10-17(23)8-9-18(16)28-13-15-6-4-3-5-7-15/h3-11,14H,12-13H2,1-2H3/b19-11-. The molecule has 0 spiro atoms. The SMILES string of the molecule is CC(C)OC(=O)CN1C(=O)S/C(=C\c2cc(Br)ccc2OCc2ccccc2)C1=O. The van der Waals surface area contributed by atoms with E-state index in [2.05, 4.69) is 15.9 Å². The second kappa shape index (κ2) is 9.95. The van der Waals surface area contributed by atoms with Crippen molar-refractivity contribution < 1.29 is 23.9 Å². The Morgan fingerprint density at radius 3 is 2.60 bits per heavy atom. The molecule has 8 heteroatoms. The number of nitrogens with zero attached hydrogens (tertiary/aromatic N) is 1. The highest BCUT2D eigenvalue weighted by Gasteiger charge is 2.37. The summed E-state index contributed by atoms with van der Waals surface area (Å²) in [6.45, 7) is 3.37. The van der Waals surface area contributed by atoms with Crippen LogP contribution in [0.15, 0.2) is 57.9 Å². The molecule has 2 aromatic rings. The molecule has 1 heterocycles. The predicted molar refractivity (Wildman–Crippen MR) is 119 cm³/mol. The summed E-state index contributed by atoms with van der Waals surface area (Å²) in [5.74, 6) is -0.573. The normalized spacial score (nSPS) is 15.2. The van der Waals surface area contributed by atoms with Crippen LogP contribution >= 0.6 is 27.7 Å². The third kappa shape index (κ3) is 5.73. The van der Waals surface area contributed by atoms with Crippen LogP contribution in [0.2, 0.25) is 0 Å². The second-order valence-corrected chi connectivity index (χ2v) is 8.67. The van der Waals surface area contributed by atoms with Crippen LogP contribution in [0, 0.1) is 0 Å². The van der Waals surface area contributed by atoms with Crippen molar-refractivity contribution in [3.8, 4) is 5.75 Å². The van der Waals surface area contributed by atoms with Gasteiger partial charge >= 0.3 is 5.97 Å². The Balaban J connectivity index is 1.78. The summed E-state index contributed by atoms with van der Waals surface area (Å²) in [6.07, 6.45) is 1.28. The highest BCUT2D eigenvalue weighted by molar-refractivity contribution is 9.10. The van der Waals surface area contributed by atoms with Gasteiger partial charge in [-0.3, -0.25) is 19.3 Å². The Kier molecular flexibility index (Phi) is 7.33. The molecule has 30 heavy (non-hydrogen) atoms. The van der Waals surface area contributed by atoms with Crippen molar-refractivity contribution in [1.29, 1.82) is 0 Å². The highest BCUT2D eigenvalue weighted by atomic mass is 79.9. The third-order valence-corrected chi connectivity index (χ3v) is 5.42. The first kappa shape index (κ1) is 22.1. The molecule has 1 aliphatic rings. The number of esters is 1. The van der Waals surface area contributed by atoms with Crippen LogP contribution in [-0.2, 0) is 20.9 Å². The monoisotopic (exact) mass is 489 g/mol. The largest absolute Gasteiger partial charge is 0.488 e. The molecule has 6 nitrogen and oxygen atoms in total. The lowest BCUT2D eigenvalue weighted by molar-refractivity contribution is -0.149. The molecule has 0 aliphatic carbocycles. The van der Waals surface area contributed by atoms with Crippen LogP contribution in [0.5, 0.6) is 5.75 Å². The maximum atomic E-state index is 12.7. The zero-order valence-electron chi connectivity index (χ0n) is 16.5. The summed E-state index contributed by atoms with van der Waals surface area (Å²) in [5.41, 5.74) is 1.66. The van der Waals surface area contributed by atoms with Gasteiger partial charge in [-0.25, -0.2) is 0 Å². The van der Waals surface area contributed by atoms with E-state index in [1.165, 1.54) is 0 Å². The molecule has 2 aromatic carbocycles. The van der Waals surface area contributed by atoms with Gasteiger partial charge < -0.3 is 9.47 Å². The summed E-state index contributed by atoms with van der Waals surface area (Å²) in [6, 6.07) is 15.2. The number of ether oxygens (including phenoxy) is 2. The van der Waals surface area contributed by atoms with E-state index in [0.717, 1.165) is 26.7 Å². The predicted octanol–water partition coefficient (Wildman–Crippen LogP) is 5.02. The number of carbonyl (C=O) groups is 3. The lowest BCUT2D eigenvalue weighted by Gasteiger charge is -2.13. The fourth-order valence-electron chi connectivity index (χ4n) is 2.71. The minimum absolute atomic E-state index is 0.222. The van der Waals surface area contributed by atoms with Crippen LogP contribution in [0.1, 0.15) is 25.0 Å². The van der Waals surface area contributed by atoms with Crippen molar-refractivity contribution in [3.05, 3.63) is 69.0 Å². The molecule has 0 unspecified atom stereocenters. The summed E-state index contributed by atoms with van der Waals surface area (Å²) < 4.78 is 11.8. The molecule has 2 amide bonds. The van der Waals surface area contributed by atoms with Crippen molar-refractivity contribution >= 4 is 50.9 Å². The Morgan fingerprint density at radius 2 is 1.90 bits per heavy atom. The number of halogens is 1. The maximum absolute atomic E-state index is 12.7. The lowest BCUT2D eigenvalue weighted by atomic mass is 10.1. The first-order valence-corrected chi connectivity index (χ1v) is 10.9. The van der Waals surface area contributed by atoms with Gasteiger partial charge in [-0.15, -0.1) is 0 Å². The maximum Gasteiger partial charge on any atom is 0.326 e. The van der Waals surface area contributed by atoms with Crippen molar-refractivity contribution in [2.24, 2.45) is 0 Å². The fourth-order valence-corrected chi connectivity index (χ4v) is 3.91. The van der Waals surface area contributed by atoms with Crippen LogP contribution in [0.25, 0.3) is 6.08 Å². The average molecular weight is 490 g/mol. The molecule has 0 N–H and O–H groups in total. The second-order valence-electron chi connectivity index (χ2n) is 6.76. The van der Waals surface area contributed by atoms with Crippen LogP contribution in [0.3, 0.4) is 0 Å². The van der Waals surface area contributed by atoms with E-state index in [1.54, 1.807) is 32.1 Å². The number of carbonyl (C=O) groups excluding carboxylic acids is 3. The number of amides is 2. The van der Waals surface area contributed by atoms with Gasteiger partial charge in [-0.05, 0) is 55.4 Å². The third-order valence-electron chi connectivity index (χ3n) is 4.02. The quantitative estimate of drug-likeness (QED) is 0.401. The number of benzene rings is 2. The first-order chi connectivity index (χ1) is 14.3. The van der Waals surface area contributed by atoms with Gasteiger partial charge in [-0.1, -0.05) is 46.3 Å². The topological polar surface area (TPSA) is 72.9 Å². The molecule has 0 bridgehead atoms. The lowest BCUT2D eigenvalue weighted by Crippen LogP contribution is -2.35. The van der Waals surface area contributed by atoms with E-state index >= 15 is 0 Å². The molecule has 156 valence electrons. The molecular weight excluding hydrogens is 470 g/mol. The Morgan fingerprint density at radius 1 is 1.17 bits per heavy atom. The average Bonchev–Trinajstić information content (AvgIpc) is 2.95. The zero-order chi connectivity index (χ0) is 21.7. The van der Waals surface area contributed by atoms with E-state index in [9.17, 15) is 14.4 Å². The molecule has 0 saturated carbocycles. The van der Waals surface area contributed by atoms with Gasteiger partial charge in [0.2, 0.25) is 0 Å². The molecule has 1 saturated heterocycles. The Labute approximate surface area is 187 Å². The number of rotatable bonds is 7. The van der Waals surface area contributed by atoms with Gasteiger partial charge in [0.25, 0.3) is 11.1 Å². The molecule has 0 radical (unpaired) electrons. The number of imide groups is 1. The summed E-state index contributed by atoms with van der Waals surface area (Å²) in [5, 5.41) is -0.506. The van der Waals surface area contributed by atoms with Gasteiger partial charge in [0.05, 0.1) is 11.0 Å². The molecule has 3 rings (SSSR count). The van der Waals surface area contributed by atoms with Crippen molar-refractivity contribution in [2.75, 3.05) is 6.54 Å². The van der Waals surface area contributed by atoms with Gasteiger partial charge in [0, 0.05) is 10.0 Å². The van der Waals surface area contributed by atoms with E-state index in [-0.39, 0.29) is 11.0 Å². The fraction of sp³-hybridized carbons (Fsp3) is 0.227. The molecular formula is C22H20BrNO5S. The van der Waals surface area contributed by atoms with Crippen LogP contribution in [0.4, 0.5) is 4.79 Å². The zero-order valence-corrected chi connectivity index (χ0v) is 18.9.